The lowest BCUT2D eigenvalue weighted by molar-refractivity contribution is 0.383. The molecule has 0 radical (unpaired) electrons. The average Bonchev–Trinajstić information content (AvgIpc) is 3.36. The summed E-state index contributed by atoms with van der Waals surface area (Å²) in [6, 6.07) is 16.6. The van der Waals surface area contributed by atoms with Crippen molar-refractivity contribution in [1.29, 1.82) is 0 Å². The highest BCUT2D eigenvalue weighted by Gasteiger charge is 2.23. The van der Waals surface area contributed by atoms with Crippen molar-refractivity contribution >= 4 is 34.0 Å². The fourth-order valence-electron chi connectivity index (χ4n) is 4.22. The van der Waals surface area contributed by atoms with Crippen LogP contribution in [0, 0.1) is 0 Å². The van der Waals surface area contributed by atoms with E-state index >= 15 is 0 Å². The van der Waals surface area contributed by atoms with Gasteiger partial charge in [-0.1, -0.05) is 60.9 Å². The minimum Gasteiger partial charge on any atom is -0.383 e. The number of aryl methyl sites for hydroxylation is 1. The fourth-order valence-corrected chi connectivity index (χ4v) is 4.48. The molecule has 0 fully saturated rings. The molecule has 0 saturated carbocycles. The predicted octanol–water partition coefficient (Wildman–Crippen LogP) is 5.19. The number of hydrogen-bond acceptors (Lipinski definition) is 8. The van der Waals surface area contributed by atoms with Crippen LogP contribution in [0.2, 0.25) is 5.02 Å². The second-order valence-corrected chi connectivity index (χ2v) is 8.61. The predicted molar refractivity (Wildman–Crippen MR) is 140 cm³/mol. The van der Waals surface area contributed by atoms with Crippen LogP contribution < -0.4 is 16.6 Å². The zero-order chi connectivity index (χ0) is 25.2. The highest BCUT2D eigenvalue weighted by atomic mass is 35.5. The van der Waals surface area contributed by atoms with Crippen LogP contribution in [0.15, 0.2) is 70.2 Å². The molecule has 182 valence electrons. The Kier molecular flexibility index (Phi) is 6.39. The molecule has 3 heterocycles. The highest BCUT2D eigenvalue weighted by Crippen LogP contribution is 2.33. The molecule has 10 heteroatoms. The van der Waals surface area contributed by atoms with Gasteiger partial charge in [0.25, 0.3) is 5.56 Å². The molecule has 2 aromatic carbocycles. The Morgan fingerprint density at radius 2 is 1.92 bits per heavy atom. The van der Waals surface area contributed by atoms with Crippen molar-refractivity contribution < 1.29 is 4.52 Å². The molecule has 0 aliphatic rings. The Balaban J connectivity index is 1.69. The van der Waals surface area contributed by atoms with Crippen LogP contribution in [0.1, 0.15) is 37.9 Å². The Morgan fingerprint density at radius 3 is 2.64 bits per heavy atom. The Hall–Kier alpha value is -4.24. The van der Waals surface area contributed by atoms with E-state index in [1.54, 1.807) is 10.6 Å². The largest absolute Gasteiger partial charge is 0.383 e. The summed E-state index contributed by atoms with van der Waals surface area (Å²) in [5, 5.41) is 9.13. The third-order valence-electron chi connectivity index (χ3n) is 5.99. The quantitative estimate of drug-likeness (QED) is 0.312. The normalized spacial score (nSPS) is 12.1. The van der Waals surface area contributed by atoms with Gasteiger partial charge in [-0.25, -0.2) is 9.97 Å². The molecule has 0 spiro atoms. The molecule has 0 bridgehead atoms. The van der Waals surface area contributed by atoms with Gasteiger partial charge < -0.3 is 15.6 Å². The minimum atomic E-state index is -0.327. The summed E-state index contributed by atoms with van der Waals surface area (Å²) in [6.07, 6.45) is 2.59. The van der Waals surface area contributed by atoms with E-state index in [1.165, 1.54) is 6.33 Å². The van der Waals surface area contributed by atoms with Crippen molar-refractivity contribution in [3.05, 3.63) is 87.9 Å². The Morgan fingerprint density at radius 1 is 1.11 bits per heavy atom. The number of para-hydroxylation sites is 1. The first-order valence-electron chi connectivity index (χ1n) is 11.6. The molecule has 3 N–H and O–H groups in total. The second-order valence-electron chi connectivity index (χ2n) is 8.20. The van der Waals surface area contributed by atoms with Gasteiger partial charge in [-0.15, -0.1) is 0 Å². The molecule has 9 nitrogen and oxygen atoms in total. The molecule has 0 unspecified atom stereocenters. The number of pyridine rings is 1. The summed E-state index contributed by atoms with van der Waals surface area (Å²) in [5.41, 5.74) is 7.93. The fraction of sp³-hybridized carbons (Fsp3) is 0.192. The summed E-state index contributed by atoms with van der Waals surface area (Å²) < 4.78 is 6.97. The summed E-state index contributed by atoms with van der Waals surface area (Å²) in [6.45, 7) is 3.94. The van der Waals surface area contributed by atoms with E-state index in [2.05, 4.69) is 25.4 Å². The molecule has 0 saturated heterocycles. The first kappa shape index (κ1) is 23.5. The molecule has 0 aliphatic carbocycles. The number of rotatable bonds is 7. The van der Waals surface area contributed by atoms with Gasteiger partial charge in [0.15, 0.2) is 0 Å². The summed E-state index contributed by atoms with van der Waals surface area (Å²) in [5.74, 6) is 1.44. The van der Waals surface area contributed by atoms with E-state index in [-0.39, 0.29) is 17.4 Å². The first-order valence-corrected chi connectivity index (χ1v) is 12.0. The van der Waals surface area contributed by atoms with Gasteiger partial charge in [0.05, 0.1) is 16.5 Å². The van der Waals surface area contributed by atoms with Gasteiger partial charge in [0, 0.05) is 17.8 Å². The van der Waals surface area contributed by atoms with Crippen LogP contribution in [0.3, 0.4) is 0 Å². The third kappa shape index (κ3) is 4.18. The number of hydrogen-bond donors (Lipinski definition) is 2. The standard InChI is InChI=1S/C26H24ClN7O2/c1-3-18(31-24-22(23(28)29-14-30-24)25-32-20(4-2)36-33-25)19-13-15-9-8-12-17(27)21(15)26(35)34(19)16-10-6-5-7-11-16/h5-14,18H,3-4H2,1-2H3,(H3,28,29,30,31)/t18-/m0/s1. The summed E-state index contributed by atoms with van der Waals surface area (Å²) in [7, 11) is 0. The van der Waals surface area contributed by atoms with Crippen molar-refractivity contribution in [2.75, 3.05) is 11.1 Å². The van der Waals surface area contributed by atoms with Crippen molar-refractivity contribution in [2.45, 2.75) is 32.7 Å². The van der Waals surface area contributed by atoms with Gasteiger partial charge in [-0.3, -0.25) is 9.36 Å². The number of benzene rings is 2. The molecule has 1 atom stereocenters. The molecule has 0 amide bonds. The van der Waals surface area contributed by atoms with Gasteiger partial charge in [-0.2, -0.15) is 4.98 Å². The second kappa shape index (κ2) is 9.79. The molecule has 3 aromatic heterocycles. The van der Waals surface area contributed by atoms with Crippen LogP contribution in [-0.4, -0.2) is 24.7 Å². The van der Waals surface area contributed by atoms with E-state index in [4.69, 9.17) is 21.9 Å². The maximum absolute atomic E-state index is 13.8. The average molecular weight is 502 g/mol. The molecular weight excluding hydrogens is 478 g/mol. The van der Waals surface area contributed by atoms with Gasteiger partial charge in [0.1, 0.15) is 23.5 Å². The molecule has 5 rings (SSSR count). The van der Waals surface area contributed by atoms with Gasteiger partial charge in [0.2, 0.25) is 11.7 Å². The summed E-state index contributed by atoms with van der Waals surface area (Å²) in [4.78, 5) is 26.8. The number of anilines is 2. The van der Waals surface area contributed by atoms with Crippen molar-refractivity contribution in [3.8, 4) is 17.1 Å². The number of fused-ring (bicyclic) bond motifs is 1. The van der Waals surface area contributed by atoms with E-state index in [0.717, 1.165) is 16.8 Å². The monoisotopic (exact) mass is 501 g/mol. The number of nitrogens with zero attached hydrogens (tertiary/aromatic N) is 5. The zero-order valence-electron chi connectivity index (χ0n) is 19.8. The van der Waals surface area contributed by atoms with Crippen molar-refractivity contribution in [3.63, 3.8) is 0 Å². The third-order valence-corrected chi connectivity index (χ3v) is 6.30. The molecular formula is C26H24ClN7O2. The lowest BCUT2D eigenvalue weighted by Crippen LogP contribution is -2.27. The van der Waals surface area contributed by atoms with E-state index in [0.29, 0.717) is 46.3 Å². The highest BCUT2D eigenvalue weighted by molar-refractivity contribution is 6.35. The number of nitrogens with one attached hydrogen (secondary N) is 1. The number of halogens is 1. The van der Waals surface area contributed by atoms with Crippen molar-refractivity contribution in [1.82, 2.24) is 24.7 Å². The van der Waals surface area contributed by atoms with E-state index in [9.17, 15) is 4.79 Å². The van der Waals surface area contributed by atoms with Crippen LogP contribution in [-0.2, 0) is 6.42 Å². The first-order chi connectivity index (χ1) is 17.5. The Bertz CT molecular complexity index is 1600. The Labute approximate surface area is 212 Å². The van der Waals surface area contributed by atoms with Crippen molar-refractivity contribution in [2.24, 2.45) is 0 Å². The topological polar surface area (TPSA) is 125 Å². The lowest BCUT2D eigenvalue weighted by Gasteiger charge is -2.24. The van der Waals surface area contributed by atoms with E-state index in [1.807, 2.05) is 62.4 Å². The van der Waals surface area contributed by atoms with Gasteiger partial charge in [-0.05, 0) is 36.1 Å². The van der Waals surface area contributed by atoms with Crippen LogP contribution in [0.4, 0.5) is 11.6 Å². The van der Waals surface area contributed by atoms with Crippen LogP contribution >= 0.6 is 11.6 Å². The number of aromatic nitrogens is 5. The van der Waals surface area contributed by atoms with Crippen LogP contribution in [0.5, 0.6) is 0 Å². The maximum atomic E-state index is 13.8. The lowest BCUT2D eigenvalue weighted by atomic mass is 10.0. The molecule has 36 heavy (non-hydrogen) atoms. The smallest absolute Gasteiger partial charge is 0.264 e. The number of nitrogens with two attached hydrogens (primary N) is 1. The SMILES string of the molecule is CCc1nc(-c2c(N)ncnc2N[C@@H](CC)c2cc3cccc(Cl)c3c(=O)n2-c2ccccc2)no1. The molecule has 0 aliphatic heterocycles. The maximum Gasteiger partial charge on any atom is 0.264 e. The van der Waals surface area contributed by atoms with Crippen LogP contribution in [0.25, 0.3) is 27.8 Å². The van der Waals surface area contributed by atoms with E-state index < -0.39 is 0 Å². The summed E-state index contributed by atoms with van der Waals surface area (Å²) >= 11 is 6.45. The minimum absolute atomic E-state index is 0.201. The molecule has 5 aromatic rings. The van der Waals surface area contributed by atoms with Gasteiger partial charge >= 0.3 is 0 Å². The zero-order valence-corrected chi connectivity index (χ0v) is 20.5. The number of nitrogen functional groups attached to an aromatic ring is 1.